The molecular formula is C15H23NO4. The number of hydrogen-bond donors (Lipinski definition) is 2. The summed E-state index contributed by atoms with van der Waals surface area (Å²) in [5, 5.41) is 13.3. The molecule has 0 aromatic carbocycles. The van der Waals surface area contributed by atoms with Crippen LogP contribution in [0.25, 0.3) is 0 Å². The number of carbonyl (C=O) groups is 1. The van der Waals surface area contributed by atoms with Crippen LogP contribution in [0.1, 0.15) is 58.6 Å². The highest BCUT2D eigenvalue weighted by atomic mass is 16.6. The predicted molar refractivity (Wildman–Crippen MR) is 75.5 cm³/mol. The van der Waals surface area contributed by atoms with Crippen LogP contribution < -0.4 is 5.32 Å². The molecule has 1 heterocycles. The van der Waals surface area contributed by atoms with Crippen LogP contribution in [0.4, 0.5) is 10.5 Å². The highest BCUT2D eigenvalue weighted by Gasteiger charge is 2.36. The summed E-state index contributed by atoms with van der Waals surface area (Å²) in [6, 6.07) is 1.64. The molecule has 1 aliphatic carbocycles. The molecule has 5 heteroatoms. The predicted octanol–water partition coefficient (Wildman–Crippen LogP) is 3.78. The van der Waals surface area contributed by atoms with Crippen LogP contribution in [0.3, 0.4) is 0 Å². The molecule has 20 heavy (non-hydrogen) atoms. The maximum Gasteiger partial charge on any atom is 0.412 e. The first kappa shape index (κ1) is 14.9. The summed E-state index contributed by atoms with van der Waals surface area (Å²) in [6.07, 6.45) is 5.30. The van der Waals surface area contributed by atoms with Gasteiger partial charge in [0.05, 0.1) is 12.0 Å². The van der Waals surface area contributed by atoms with Crippen molar-refractivity contribution in [3.05, 3.63) is 18.1 Å². The molecule has 0 spiro atoms. The molecule has 2 rings (SSSR count). The van der Waals surface area contributed by atoms with Crippen LogP contribution in [0.5, 0.6) is 0 Å². The van der Waals surface area contributed by atoms with Gasteiger partial charge in [0.1, 0.15) is 11.2 Å². The Hall–Kier alpha value is -1.49. The number of hydrogen-bond acceptors (Lipinski definition) is 4. The second kappa shape index (κ2) is 5.48. The molecule has 1 saturated carbocycles. The number of carbonyl (C=O) groups excluding carboxylic acids is 1. The van der Waals surface area contributed by atoms with Gasteiger partial charge in [-0.2, -0.15) is 0 Å². The number of aliphatic hydroxyl groups is 1. The van der Waals surface area contributed by atoms with E-state index in [4.69, 9.17) is 9.15 Å². The van der Waals surface area contributed by atoms with Crippen molar-refractivity contribution in [3.8, 4) is 0 Å². The van der Waals surface area contributed by atoms with E-state index in [-0.39, 0.29) is 0 Å². The van der Waals surface area contributed by atoms with Gasteiger partial charge in [0.2, 0.25) is 0 Å². The van der Waals surface area contributed by atoms with Crippen molar-refractivity contribution >= 4 is 11.8 Å². The molecule has 0 unspecified atom stereocenters. The summed E-state index contributed by atoms with van der Waals surface area (Å²) in [4.78, 5) is 11.8. The maximum atomic E-state index is 11.8. The number of amides is 1. The summed E-state index contributed by atoms with van der Waals surface area (Å²) >= 11 is 0. The standard InChI is InChI=1S/C15H23NO4/c1-14(2,3)20-13(17)16-11-7-10-19-12(11)15(18)8-5-4-6-9-15/h7,10,18H,4-6,8-9H2,1-3H3,(H,16,17). The molecule has 0 aliphatic heterocycles. The Morgan fingerprint density at radius 2 is 2.00 bits per heavy atom. The van der Waals surface area contributed by atoms with E-state index in [1.807, 2.05) is 0 Å². The Morgan fingerprint density at radius 3 is 2.60 bits per heavy atom. The Bertz CT molecular complexity index is 466. The molecule has 0 atom stereocenters. The van der Waals surface area contributed by atoms with E-state index >= 15 is 0 Å². The molecule has 1 aromatic rings. The Balaban J connectivity index is 2.10. The van der Waals surface area contributed by atoms with Gasteiger partial charge in [0.15, 0.2) is 5.76 Å². The number of rotatable bonds is 2. The van der Waals surface area contributed by atoms with Gasteiger partial charge in [0, 0.05) is 6.07 Å². The fourth-order valence-electron chi connectivity index (χ4n) is 2.55. The largest absolute Gasteiger partial charge is 0.464 e. The van der Waals surface area contributed by atoms with Gasteiger partial charge in [-0.1, -0.05) is 19.3 Å². The number of anilines is 1. The molecule has 1 amide bonds. The first-order valence-corrected chi connectivity index (χ1v) is 7.10. The monoisotopic (exact) mass is 281 g/mol. The third kappa shape index (κ3) is 3.54. The van der Waals surface area contributed by atoms with Crippen molar-refractivity contribution in [2.75, 3.05) is 5.32 Å². The van der Waals surface area contributed by atoms with Crippen molar-refractivity contribution in [2.24, 2.45) is 0 Å². The van der Waals surface area contributed by atoms with E-state index < -0.39 is 17.3 Å². The van der Waals surface area contributed by atoms with E-state index in [1.54, 1.807) is 26.8 Å². The smallest absolute Gasteiger partial charge is 0.412 e. The van der Waals surface area contributed by atoms with E-state index in [2.05, 4.69) is 5.32 Å². The minimum absolute atomic E-state index is 0.433. The van der Waals surface area contributed by atoms with Gasteiger partial charge in [-0.05, 0) is 33.6 Å². The quantitative estimate of drug-likeness (QED) is 0.865. The lowest BCUT2D eigenvalue weighted by molar-refractivity contribution is -0.0190. The minimum atomic E-state index is -0.980. The van der Waals surface area contributed by atoms with Crippen molar-refractivity contribution in [3.63, 3.8) is 0 Å². The zero-order chi connectivity index (χ0) is 14.8. The number of furan rings is 1. The number of nitrogens with one attached hydrogen (secondary N) is 1. The number of ether oxygens (including phenoxy) is 1. The maximum absolute atomic E-state index is 11.8. The van der Waals surface area contributed by atoms with Crippen LogP contribution in [-0.2, 0) is 10.3 Å². The van der Waals surface area contributed by atoms with Crippen molar-refractivity contribution in [1.29, 1.82) is 0 Å². The van der Waals surface area contributed by atoms with E-state index in [1.165, 1.54) is 6.26 Å². The molecule has 0 radical (unpaired) electrons. The second-order valence-electron chi connectivity index (χ2n) is 6.38. The first-order chi connectivity index (χ1) is 9.30. The van der Waals surface area contributed by atoms with Gasteiger partial charge >= 0.3 is 6.09 Å². The molecule has 5 nitrogen and oxygen atoms in total. The molecule has 1 fully saturated rings. The summed E-state index contributed by atoms with van der Waals surface area (Å²) < 4.78 is 10.6. The fraction of sp³-hybridized carbons (Fsp3) is 0.667. The summed E-state index contributed by atoms with van der Waals surface area (Å²) in [5.41, 5.74) is -1.05. The molecular weight excluding hydrogens is 258 g/mol. The lowest BCUT2D eigenvalue weighted by Gasteiger charge is -2.31. The zero-order valence-electron chi connectivity index (χ0n) is 12.4. The van der Waals surface area contributed by atoms with Crippen molar-refractivity contribution in [2.45, 2.75) is 64.1 Å². The minimum Gasteiger partial charge on any atom is -0.464 e. The van der Waals surface area contributed by atoms with Gasteiger partial charge in [-0.15, -0.1) is 0 Å². The van der Waals surface area contributed by atoms with Crippen LogP contribution in [0.15, 0.2) is 16.7 Å². The third-order valence-corrected chi connectivity index (χ3v) is 3.40. The molecule has 112 valence electrons. The summed E-state index contributed by atoms with van der Waals surface area (Å²) in [5.74, 6) is 0.433. The van der Waals surface area contributed by atoms with Crippen molar-refractivity contribution < 1.29 is 19.1 Å². The van der Waals surface area contributed by atoms with Crippen molar-refractivity contribution in [1.82, 2.24) is 0 Å². The molecule has 0 saturated heterocycles. The lowest BCUT2D eigenvalue weighted by Crippen LogP contribution is -2.31. The molecule has 1 aliphatic rings. The SMILES string of the molecule is CC(C)(C)OC(=O)Nc1ccoc1C1(O)CCCCC1. The van der Waals surface area contributed by atoms with Crippen LogP contribution in [0.2, 0.25) is 0 Å². The van der Waals surface area contributed by atoms with Gasteiger partial charge < -0.3 is 14.3 Å². The lowest BCUT2D eigenvalue weighted by atomic mass is 9.82. The Kier molecular flexibility index (Phi) is 4.09. The van der Waals surface area contributed by atoms with Crippen LogP contribution in [-0.4, -0.2) is 16.8 Å². The van der Waals surface area contributed by atoms with Gasteiger partial charge in [0.25, 0.3) is 0 Å². The Labute approximate surface area is 119 Å². The molecule has 2 N–H and O–H groups in total. The molecule has 1 aromatic heterocycles. The highest BCUT2D eigenvalue weighted by molar-refractivity contribution is 5.85. The van der Waals surface area contributed by atoms with Gasteiger partial charge in [-0.25, -0.2) is 4.79 Å². The first-order valence-electron chi connectivity index (χ1n) is 7.10. The average Bonchev–Trinajstić information content (AvgIpc) is 2.76. The zero-order valence-corrected chi connectivity index (χ0v) is 12.4. The summed E-state index contributed by atoms with van der Waals surface area (Å²) in [7, 11) is 0. The Morgan fingerprint density at radius 1 is 1.35 bits per heavy atom. The van der Waals surface area contributed by atoms with Crippen LogP contribution in [0, 0.1) is 0 Å². The summed E-state index contributed by atoms with van der Waals surface area (Å²) in [6.45, 7) is 5.41. The molecule has 0 bridgehead atoms. The normalized spacial score (nSPS) is 18.6. The van der Waals surface area contributed by atoms with E-state index in [0.717, 1.165) is 19.3 Å². The third-order valence-electron chi connectivity index (χ3n) is 3.40. The average molecular weight is 281 g/mol. The topological polar surface area (TPSA) is 71.7 Å². The van der Waals surface area contributed by atoms with E-state index in [9.17, 15) is 9.90 Å². The van der Waals surface area contributed by atoms with E-state index in [0.29, 0.717) is 24.3 Å². The van der Waals surface area contributed by atoms with Gasteiger partial charge in [-0.3, -0.25) is 5.32 Å². The highest BCUT2D eigenvalue weighted by Crippen LogP contribution is 2.40. The fourth-order valence-corrected chi connectivity index (χ4v) is 2.55. The van der Waals surface area contributed by atoms with Crippen LogP contribution >= 0.6 is 0 Å². The second-order valence-corrected chi connectivity index (χ2v) is 6.38.